The molecule has 0 saturated heterocycles. The number of amides is 1. The van der Waals surface area contributed by atoms with E-state index in [1.165, 1.54) is 31.4 Å². The second-order valence-electron chi connectivity index (χ2n) is 6.43. The van der Waals surface area contributed by atoms with Crippen molar-refractivity contribution < 1.29 is 28.2 Å². The Hall–Kier alpha value is -3.42. The highest BCUT2D eigenvalue weighted by Crippen LogP contribution is 2.25. The van der Waals surface area contributed by atoms with Gasteiger partial charge in [-0.3, -0.25) is 4.79 Å². The maximum absolute atomic E-state index is 14.0. The Labute approximate surface area is 174 Å². The number of anilines is 1. The van der Waals surface area contributed by atoms with Crippen molar-refractivity contribution in [2.45, 2.75) is 34.2 Å². The molecule has 1 N–H and O–H groups in total. The third-order valence-electron chi connectivity index (χ3n) is 4.67. The molecule has 160 valence electrons. The van der Waals surface area contributed by atoms with Gasteiger partial charge < -0.3 is 19.4 Å². The van der Waals surface area contributed by atoms with E-state index in [0.29, 0.717) is 17.7 Å². The number of esters is 2. The van der Waals surface area contributed by atoms with Gasteiger partial charge in [-0.15, -0.1) is 0 Å². The molecule has 0 spiro atoms. The van der Waals surface area contributed by atoms with Crippen molar-refractivity contribution in [1.82, 2.24) is 4.57 Å². The lowest BCUT2D eigenvalue weighted by atomic mass is 10.1. The molecule has 1 amide bonds. The molecule has 1 aromatic heterocycles. The minimum absolute atomic E-state index is 0.106. The number of hydrogen-bond donors (Lipinski definition) is 1. The van der Waals surface area contributed by atoms with Crippen LogP contribution >= 0.6 is 0 Å². The molecule has 0 bridgehead atoms. The largest absolute Gasteiger partial charge is 0.465 e. The van der Waals surface area contributed by atoms with E-state index in [0.717, 1.165) is 17.5 Å². The Balaban J connectivity index is 2.33. The van der Waals surface area contributed by atoms with Crippen molar-refractivity contribution in [3.63, 3.8) is 0 Å². The lowest BCUT2D eigenvalue weighted by molar-refractivity contribution is -0.111. The van der Waals surface area contributed by atoms with E-state index in [4.69, 9.17) is 4.74 Å². The molecule has 8 heteroatoms. The molecule has 0 fully saturated rings. The van der Waals surface area contributed by atoms with Crippen LogP contribution in [0.5, 0.6) is 0 Å². The number of ether oxygens (including phenoxy) is 2. The summed E-state index contributed by atoms with van der Waals surface area (Å²) in [6.07, 6.45) is 2.70. The van der Waals surface area contributed by atoms with Gasteiger partial charge in [0.05, 0.1) is 30.5 Å². The van der Waals surface area contributed by atoms with Gasteiger partial charge in [-0.05, 0) is 52.0 Å². The first kappa shape index (κ1) is 22.9. The van der Waals surface area contributed by atoms with Crippen molar-refractivity contribution in [3.8, 4) is 0 Å². The monoisotopic (exact) mass is 416 g/mol. The van der Waals surface area contributed by atoms with Crippen LogP contribution in [0.4, 0.5) is 10.1 Å². The van der Waals surface area contributed by atoms with Crippen LogP contribution in [0.3, 0.4) is 0 Å². The van der Waals surface area contributed by atoms with Crippen molar-refractivity contribution in [2.24, 2.45) is 0 Å². The van der Waals surface area contributed by atoms with Gasteiger partial charge in [0.25, 0.3) is 0 Å². The summed E-state index contributed by atoms with van der Waals surface area (Å²) >= 11 is 0. The normalized spacial score (nSPS) is 10.9. The van der Waals surface area contributed by atoms with Gasteiger partial charge in [-0.25, -0.2) is 14.0 Å². The minimum Gasteiger partial charge on any atom is -0.465 e. The van der Waals surface area contributed by atoms with Crippen LogP contribution < -0.4 is 5.32 Å². The Bertz CT molecular complexity index is 1010. The topological polar surface area (TPSA) is 86.6 Å². The maximum Gasteiger partial charge on any atom is 0.340 e. The number of rotatable bonds is 7. The third kappa shape index (κ3) is 4.76. The Kier molecular flexibility index (Phi) is 7.52. The summed E-state index contributed by atoms with van der Waals surface area (Å²) < 4.78 is 25.7. The molecule has 30 heavy (non-hydrogen) atoms. The fourth-order valence-corrected chi connectivity index (χ4v) is 3.25. The summed E-state index contributed by atoms with van der Waals surface area (Å²) in [7, 11) is 1.21. The summed E-state index contributed by atoms with van der Waals surface area (Å²) in [6, 6.07) is 3.52. The van der Waals surface area contributed by atoms with Gasteiger partial charge in [0.15, 0.2) is 0 Å². The average molecular weight is 416 g/mol. The molecule has 2 aromatic rings. The van der Waals surface area contributed by atoms with E-state index in [-0.39, 0.29) is 17.9 Å². The summed E-state index contributed by atoms with van der Waals surface area (Å²) in [5.74, 6) is -2.43. The van der Waals surface area contributed by atoms with Crippen LogP contribution in [-0.2, 0) is 20.8 Å². The standard InChI is InChI=1S/C22H25FN2O5/c1-6-25-13(3)16(20(14(25)4)22(28)30-7-2)9-11-19(26)24-18-12-15(21(27)29-5)8-10-17(18)23/h8-12H,6-7H2,1-5H3,(H,24,26)/b11-9+. The number of nitrogens with one attached hydrogen (secondary N) is 1. The fourth-order valence-electron chi connectivity index (χ4n) is 3.25. The van der Waals surface area contributed by atoms with Crippen molar-refractivity contribution in [3.05, 3.63) is 58.2 Å². The molecular weight excluding hydrogens is 391 g/mol. The first-order valence-corrected chi connectivity index (χ1v) is 9.48. The molecule has 0 atom stereocenters. The van der Waals surface area contributed by atoms with Gasteiger partial charge in [0.2, 0.25) is 5.91 Å². The predicted molar refractivity (Wildman–Crippen MR) is 111 cm³/mol. The van der Waals surface area contributed by atoms with Gasteiger partial charge >= 0.3 is 11.9 Å². The fraction of sp³-hybridized carbons (Fsp3) is 0.318. The van der Waals surface area contributed by atoms with Gasteiger partial charge in [0, 0.05) is 29.6 Å². The molecule has 0 unspecified atom stereocenters. The Morgan fingerprint density at radius 2 is 1.83 bits per heavy atom. The van der Waals surface area contributed by atoms with Crippen LogP contribution in [0.25, 0.3) is 6.08 Å². The summed E-state index contributed by atoms with van der Waals surface area (Å²) in [6.45, 7) is 8.21. The number of carbonyl (C=O) groups is 3. The highest BCUT2D eigenvalue weighted by atomic mass is 19.1. The number of hydrogen-bond acceptors (Lipinski definition) is 5. The second-order valence-corrected chi connectivity index (χ2v) is 6.43. The van der Waals surface area contributed by atoms with Crippen molar-refractivity contribution >= 4 is 29.6 Å². The van der Waals surface area contributed by atoms with Crippen LogP contribution in [0.1, 0.15) is 51.5 Å². The SMILES string of the molecule is CCOC(=O)c1c(/C=C/C(=O)Nc2cc(C(=O)OC)ccc2F)c(C)n(CC)c1C. The number of halogens is 1. The predicted octanol–water partition coefficient (Wildman–Crippen LogP) is 3.88. The Morgan fingerprint density at radius 1 is 1.13 bits per heavy atom. The summed E-state index contributed by atoms with van der Waals surface area (Å²) in [5, 5.41) is 2.40. The van der Waals surface area contributed by atoms with E-state index in [1.54, 1.807) is 6.92 Å². The maximum atomic E-state index is 14.0. The molecule has 0 radical (unpaired) electrons. The molecule has 1 heterocycles. The molecule has 0 aliphatic rings. The van der Waals surface area contributed by atoms with E-state index in [2.05, 4.69) is 10.1 Å². The smallest absolute Gasteiger partial charge is 0.340 e. The highest BCUT2D eigenvalue weighted by Gasteiger charge is 2.22. The van der Waals surface area contributed by atoms with Crippen LogP contribution in [-0.4, -0.2) is 36.1 Å². The third-order valence-corrected chi connectivity index (χ3v) is 4.67. The molecule has 0 aliphatic carbocycles. The van der Waals surface area contributed by atoms with Crippen LogP contribution in [0.2, 0.25) is 0 Å². The number of nitrogens with zero attached hydrogens (tertiary/aromatic N) is 1. The zero-order valence-corrected chi connectivity index (χ0v) is 17.7. The average Bonchev–Trinajstić information content (AvgIpc) is 2.96. The summed E-state index contributed by atoms with van der Waals surface area (Å²) in [5.41, 5.74) is 2.45. The number of carbonyl (C=O) groups excluding carboxylic acids is 3. The zero-order valence-electron chi connectivity index (χ0n) is 17.7. The van der Waals surface area contributed by atoms with Gasteiger partial charge in [-0.2, -0.15) is 0 Å². The number of aromatic nitrogens is 1. The molecule has 7 nitrogen and oxygen atoms in total. The summed E-state index contributed by atoms with van der Waals surface area (Å²) in [4.78, 5) is 36.4. The van der Waals surface area contributed by atoms with Gasteiger partial charge in [-0.1, -0.05) is 0 Å². The van der Waals surface area contributed by atoms with E-state index < -0.39 is 23.7 Å². The zero-order chi connectivity index (χ0) is 22.4. The lowest BCUT2D eigenvalue weighted by Crippen LogP contribution is -2.11. The Morgan fingerprint density at radius 3 is 2.43 bits per heavy atom. The van der Waals surface area contributed by atoms with Crippen molar-refractivity contribution in [1.29, 1.82) is 0 Å². The van der Waals surface area contributed by atoms with Gasteiger partial charge in [0.1, 0.15) is 5.82 Å². The van der Waals surface area contributed by atoms with Crippen LogP contribution in [0, 0.1) is 19.7 Å². The highest BCUT2D eigenvalue weighted by molar-refractivity contribution is 6.04. The van der Waals surface area contributed by atoms with Crippen molar-refractivity contribution in [2.75, 3.05) is 19.0 Å². The molecule has 2 rings (SSSR count). The van der Waals surface area contributed by atoms with Crippen LogP contribution in [0.15, 0.2) is 24.3 Å². The number of methoxy groups -OCH3 is 1. The molecule has 1 aromatic carbocycles. The first-order valence-electron chi connectivity index (χ1n) is 9.48. The molecule has 0 saturated carbocycles. The van der Waals surface area contributed by atoms with E-state index in [1.807, 2.05) is 25.3 Å². The van der Waals surface area contributed by atoms with E-state index in [9.17, 15) is 18.8 Å². The molecular formula is C22H25FN2O5. The quantitative estimate of drug-likeness (QED) is 0.547. The number of benzene rings is 1. The minimum atomic E-state index is -0.694. The first-order chi connectivity index (χ1) is 14.2. The lowest BCUT2D eigenvalue weighted by Gasteiger charge is -2.06. The molecule has 0 aliphatic heterocycles. The van der Waals surface area contributed by atoms with E-state index >= 15 is 0 Å². The second kappa shape index (κ2) is 9.87.